The summed E-state index contributed by atoms with van der Waals surface area (Å²) in [6.45, 7) is 1.56. The Bertz CT molecular complexity index is 773. The van der Waals surface area contributed by atoms with Crippen molar-refractivity contribution in [3.63, 3.8) is 0 Å². The van der Waals surface area contributed by atoms with E-state index in [0.29, 0.717) is 6.07 Å². The third-order valence-electron chi connectivity index (χ3n) is 2.60. The summed E-state index contributed by atoms with van der Waals surface area (Å²) in [5.41, 5.74) is -0.959. The molecule has 0 amide bonds. The van der Waals surface area contributed by atoms with Crippen LogP contribution in [0.25, 0.3) is 10.9 Å². The van der Waals surface area contributed by atoms with Crippen molar-refractivity contribution in [1.29, 1.82) is 0 Å². The third kappa shape index (κ3) is 2.11. The number of ether oxygens (including phenoxy) is 1. The Labute approximate surface area is 115 Å². The molecule has 0 atom stereocenters. The van der Waals surface area contributed by atoms with Crippen LogP contribution in [0.5, 0.6) is 5.75 Å². The van der Waals surface area contributed by atoms with Crippen LogP contribution >= 0.6 is 12.2 Å². The highest BCUT2D eigenvalue weighted by atomic mass is 32.1. The summed E-state index contributed by atoms with van der Waals surface area (Å²) in [7, 11) is 0. The fraction of sp³-hybridized carbons (Fsp3) is 0.167. The molecule has 8 heteroatoms. The molecule has 106 valence electrons. The van der Waals surface area contributed by atoms with Crippen molar-refractivity contribution in [1.82, 2.24) is 4.98 Å². The predicted octanol–water partition coefficient (Wildman–Crippen LogP) is 3.20. The number of aromatic hydroxyl groups is 1. The molecule has 0 saturated heterocycles. The summed E-state index contributed by atoms with van der Waals surface area (Å²) in [5.74, 6) is -6.44. The van der Waals surface area contributed by atoms with Crippen molar-refractivity contribution in [2.45, 2.75) is 6.92 Å². The molecule has 0 unspecified atom stereocenters. The minimum Gasteiger partial charge on any atom is -0.506 e. The van der Waals surface area contributed by atoms with E-state index >= 15 is 0 Å². The second-order valence-corrected chi connectivity index (χ2v) is 4.22. The zero-order valence-electron chi connectivity index (χ0n) is 10.1. The minimum absolute atomic E-state index is 0.0250. The molecule has 0 aliphatic carbocycles. The number of fused-ring (bicyclic) bond motifs is 1. The maximum Gasteiger partial charge on any atom is 0.344 e. The first-order valence-electron chi connectivity index (χ1n) is 5.48. The van der Waals surface area contributed by atoms with Gasteiger partial charge in [0.2, 0.25) is 0 Å². The number of esters is 1. The highest BCUT2D eigenvalue weighted by Crippen LogP contribution is 2.32. The molecule has 0 aliphatic rings. The number of pyridine rings is 1. The van der Waals surface area contributed by atoms with E-state index in [1.807, 2.05) is 0 Å². The summed E-state index contributed by atoms with van der Waals surface area (Å²) < 4.78 is 44.2. The molecule has 0 fully saturated rings. The van der Waals surface area contributed by atoms with Crippen molar-refractivity contribution >= 4 is 29.1 Å². The molecule has 4 nitrogen and oxygen atoms in total. The van der Waals surface area contributed by atoms with Gasteiger partial charge in [0.05, 0.1) is 12.1 Å². The second-order valence-electron chi connectivity index (χ2n) is 3.81. The lowest BCUT2D eigenvalue weighted by atomic mass is 10.1. The molecule has 20 heavy (non-hydrogen) atoms. The monoisotopic (exact) mass is 303 g/mol. The van der Waals surface area contributed by atoms with Gasteiger partial charge in [-0.2, -0.15) is 0 Å². The van der Waals surface area contributed by atoms with Crippen LogP contribution in [0.15, 0.2) is 6.07 Å². The van der Waals surface area contributed by atoms with Crippen LogP contribution < -0.4 is 0 Å². The average molecular weight is 303 g/mol. The normalized spacial score (nSPS) is 10.8. The van der Waals surface area contributed by atoms with Crippen molar-refractivity contribution in [3.05, 3.63) is 33.7 Å². The second kappa shape index (κ2) is 5.12. The third-order valence-corrected chi connectivity index (χ3v) is 2.91. The molecular formula is C12H8F3NO3S. The van der Waals surface area contributed by atoms with E-state index in [1.54, 1.807) is 0 Å². The first kappa shape index (κ1) is 14.3. The number of carbonyl (C=O) groups is 1. The van der Waals surface area contributed by atoms with Crippen LogP contribution in [-0.2, 0) is 4.74 Å². The van der Waals surface area contributed by atoms with Crippen LogP contribution in [-0.4, -0.2) is 22.7 Å². The highest BCUT2D eigenvalue weighted by molar-refractivity contribution is 7.71. The van der Waals surface area contributed by atoms with Gasteiger partial charge < -0.3 is 14.8 Å². The van der Waals surface area contributed by atoms with Gasteiger partial charge in [-0.05, 0) is 13.0 Å². The number of aromatic nitrogens is 1. The van der Waals surface area contributed by atoms with Gasteiger partial charge >= 0.3 is 5.97 Å². The largest absolute Gasteiger partial charge is 0.506 e. The van der Waals surface area contributed by atoms with Gasteiger partial charge in [0.15, 0.2) is 17.5 Å². The Balaban J connectivity index is 2.86. The Hall–Kier alpha value is -2.09. The van der Waals surface area contributed by atoms with Crippen LogP contribution in [0.1, 0.15) is 17.3 Å². The summed E-state index contributed by atoms with van der Waals surface area (Å²) in [6.07, 6.45) is 0. The fourth-order valence-electron chi connectivity index (χ4n) is 1.71. The number of H-pyrrole nitrogens is 1. The van der Waals surface area contributed by atoms with Gasteiger partial charge in [-0.1, -0.05) is 12.2 Å². The van der Waals surface area contributed by atoms with Gasteiger partial charge in [-0.15, -0.1) is 0 Å². The number of hydrogen-bond acceptors (Lipinski definition) is 4. The summed E-state index contributed by atoms with van der Waals surface area (Å²) in [6, 6.07) is 0.567. The maximum absolute atomic E-state index is 13.6. The van der Waals surface area contributed by atoms with Crippen molar-refractivity contribution < 1.29 is 27.8 Å². The van der Waals surface area contributed by atoms with Crippen LogP contribution in [0.3, 0.4) is 0 Å². The number of carbonyl (C=O) groups excluding carboxylic acids is 1. The van der Waals surface area contributed by atoms with Gasteiger partial charge in [-0.3, -0.25) is 0 Å². The molecule has 0 saturated carbocycles. The quantitative estimate of drug-likeness (QED) is 0.508. The smallest absolute Gasteiger partial charge is 0.344 e. The Morgan fingerprint density at radius 2 is 2.05 bits per heavy atom. The van der Waals surface area contributed by atoms with Crippen LogP contribution in [0, 0.1) is 22.1 Å². The number of nitrogens with one attached hydrogen (secondary N) is 1. The molecule has 1 aromatic heterocycles. The Morgan fingerprint density at radius 1 is 1.40 bits per heavy atom. The molecule has 0 radical (unpaired) electrons. The Morgan fingerprint density at radius 3 is 2.65 bits per heavy atom. The van der Waals surface area contributed by atoms with Crippen LogP contribution in [0.4, 0.5) is 13.2 Å². The standard InChI is InChI=1S/C12H8F3NO3S/c1-2-19-12(18)6-10(17)4-3-5(13)7(14)8(15)9(4)16-11(6)20/h3H,2H2,1H3,(H2,16,17,20). The first-order valence-corrected chi connectivity index (χ1v) is 5.88. The summed E-state index contributed by atoms with van der Waals surface area (Å²) >= 11 is 4.79. The predicted molar refractivity (Wildman–Crippen MR) is 66.6 cm³/mol. The van der Waals surface area contributed by atoms with E-state index in [1.165, 1.54) is 6.92 Å². The van der Waals surface area contributed by atoms with E-state index in [-0.39, 0.29) is 11.2 Å². The highest BCUT2D eigenvalue weighted by Gasteiger charge is 2.22. The zero-order valence-corrected chi connectivity index (χ0v) is 10.9. The van der Waals surface area contributed by atoms with Gasteiger partial charge in [0, 0.05) is 5.39 Å². The molecule has 2 rings (SSSR count). The lowest BCUT2D eigenvalue weighted by Crippen LogP contribution is -2.08. The van der Waals surface area contributed by atoms with Crippen molar-refractivity contribution in [2.24, 2.45) is 0 Å². The summed E-state index contributed by atoms with van der Waals surface area (Å²) in [4.78, 5) is 13.9. The molecule has 2 N–H and O–H groups in total. The number of rotatable bonds is 2. The molecule has 0 aliphatic heterocycles. The molecule has 0 bridgehead atoms. The molecule has 2 aromatic rings. The molecule has 1 heterocycles. The number of halogens is 3. The van der Waals surface area contributed by atoms with Crippen LogP contribution in [0.2, 0.25) is 0 Å². The van der Waals surface area contributed by atoms with Crippen molar-refractivity contribution in [2.75, 3.05) is 6.61 Å². The average Bonchev–Trinajstić information content (AvgIpc) is 2.38. The van der Waals surface area contributed by atoms with E-state index < -0.39 is 45.6 Å². The maximum atomic E-state index is 13.6. The number of benzene rings is 1. The molecule has 1 aromatic carbocycles. The van der Waals surface area contributed by atoms with E-state index in [4.69, 9.17) is 12.2 Å². The van der Waals surface area contributed by atoms with Gasteiger partial charge in [0.1, 0.15) is 16.0 Å². The van der Waals surface area contributed by atoms with Crippen molar-refractivity contribution in [3.8, 4) is 5.75 Å². The van der Waals surface area contributed by atoms with Gasteiger partial charge in [-0.25, -0.2) is 18.0 Å². The zero-order chi connectivity index (χ0) is 15.0. The lowest BCUT2D eigenvalue weighted by Gasteiger charge is -2.09. The topological polar surface area (TPSA) is 62.3 Å². The van der Waals surface area contributed by atoms with E-state index in [9.17, 15) is 23.1 Å². The van der Waals surface area contributed by atoms with Gasteiger partial charge in [0.25, 0.3) is 0 Å². The van der Waals surface area contributed by atoms with E-state index in [2.05, 4.69) is 9.72 Å². The number of hydrogen-bond donors (Lipinski definition) is 2. The SMILES string of the molecule is CCOC(=O)c1c(O)c2cc(F)c(F)c(F)c2[nH]c1=S. The first-order chi connectivity index (χ1) is 9.38. The molecule has 0 spiro atoms. The Kier molecular flexibility index (Phi) is 3.67. The minimum atomic E-state index is -1.70. The summed E-state index contributed by atoms with van der Waals surface area (Å²) in [5, 5.41) is 9.52. The lowest BCUT2D eigenvalue weighted by molar-refractivity contribution is 0.0522. The van der Waals surface area contributed by atoms with E-state index in [0.717, 1.165) is 0 Å². The fourth-order valence-corrected chi connectivity index (χ4v) is 2.00. The molecular weight excluding hydrogens is 295 g/mol. The number of aromatic amines is 1.